The van der Waals surface area contributed by atoms with Gasteiger partial charge in [-0.3, -0.25) is 4.79 Å². The third kappa shape index (κ3) is 3.32. The molecule has 3 N–H and O–H groups in total. The molecule has 0 aliphatic heterocycles. The summed E-state index contributed by atoms with van der Waals surface area (Å²) in [6, 6.07) is 10.8. The molecule has 0 aromatic heterocycles. The molecule has 0 bridgehead atoms. The summed E-state index contributed by atoms with van der Waals surface area (Å²) in [5.41, 5.74) is 6.94. The van der Waals surface area contributed by atoms with Gasteiger partial charge in [-0.15, -0.1) is 0 Å². The van der Waals surface area contributed by atoms with Crippen molar-refractivity contribution in [3.8, 4) is 0 Å². The number of hydrogen-bond donors (Lipinski definition) is 2. The van der Waals surface area contributed by atoms with Gasteiger partial charge in [-0.25, -0.2) is 8.78 Å². The summed E-state index contributed by atoms with van der Waals surface area (Å²) in [4.78, 5) is 11.7. The van der Waals surface area contributed by atoms with Crippen LogP contribution in [0, 0.1) is 11.6 Å². The fourth-order valence-electron chi connectivity index (χ4n) is 1.78. The summed E-state index contributed by atoms with van der Waals surface area (Å²) in [7, 11) is 0. The van der Waals surface area contributed by atoms with E-state index in [0.717, 1.165) is 11.6 Å². The summed E-state index contributed by atoms with van der Waals surface area (Å²) in [6.07, 6.45) is 0.586. The van der Waals surface area contributed by atoms with Crippen molar-refractivity contribution in [2.24, 2.45) is 0 Å². The third-order valence-corrected chi connectivity index (χ3v) is 2.88. The summed E-state index contributed by atoms with van der Waals surface area (Å²) in [5.74, 6) is -2.79. The Bertz CT molecular complexity index is 612. The average Bonchev–Trinajstić information content (AvgIpc) is 2.44. The highest BCUT2D eigenvalue weighted by molar-refractivity contribution is 5.94. The number of benzene rings is 2. The molecule has 0 atom stereocenters. The molecule has 0 aliphatic carbocycles. The van der Waals surface area contributed by atoms with Crippen molar-refractivity contribution in [1.82, 2.24) is 5.32 Å². The van der Waals surface area contributed by atoms with Crippen molar-refractivity contribution >= 4 is 11.6 Å². The van der Waals surface area contributed by atoms with Crippen LogP contribution in [0.4, 0.5) is 14.5 Å². The average molecular weight is 276 g/mol. The lowest BCUT2D eigenvalue weighted by Crippen LogP contribution is -2.26. The van der Waals surface area contributed by atoms with Gasteiger partial charge in [-0.2, -0.15) is 0 Å². The second-order valence-electron chi connectivity index (χ2n) is 4.35. The standard InChI is InChI=1S/C15H14F2N2O/c16-13-3-1-2-12(14(13)17)15(20)19-9-8-10-4-6-11(18)7-5-10/h1-7H,8-9,18H2,(H,19,20). The number of amides is 1. The highest BCUT2D eigenvalue weighted by Crippen LogP contribution is 2.11. The molecule has 0 saturated carbocycles. The number of hydrogen-bond acceptors (Lipinski definition) is 2. The Hall–Kier alpha value is -2.43. The van der Waals surface area contributed by atoms with Crippen LogP contribution in [-0.2, 0) is 6.42 Å². The minimum atomic E-state index is -1.13. The molecule has 2 rings (SSSR count). The first-order chi connectivity index (χ1) is 9.58. The highest BCUT2D eigenvalue weighted by Gasteiger charge is 2.14. The number of rotatable bonds is 4. The number of nitrogens with one attached hydrogen (secondary N) is 1. The highest BCUT2D eigenvalue weighted by atomic mass is 19.2. The molecule has 3 nitrogen and oxygen atoms in total. The van der Waals surface area contributed by atoms with Crippen LogP contribution >= 0.6 is 0 Å². The summed E-state index contributed by atoms with van der Waals surface area (Å²) in [6.45, 7) is 0.332. The van der Waals surface area contributed by atoms with E-state index in [4.69, 9.17) is 5.73 Å². The molecule has 0 saturated heterocycles. The first-order valence-electron chi connectivity index (χ1n) is 6.14. The number of nitrogens with two attached hydrogens (primary N) is 1. The Morgan fingerprint density at radius 1 is 1.10 bits per heavy atom. The summed E-state index contributed by atoms with van der Waals surface area (Å²) >= 11 is 0. The molecular formula is C15H14F2N2O. The van der Waals surface area contributed by atoms with Gasteiger partial charge in [0.15, 0.2) is 11.6 Å². The van der Waals surface area contributed by atoms with E-state index in [1.54, 1.807) is 12.1 Å². The third-order valence-electron chi connectivity index (χ3n) is 2.88. The largest absolute Gasteiger partial charge is 0.399 e. The van der Waals surface area contributed by atoms with Gasteiger partial charge in [-0.1, -0.05) is 18.2 Å². The van der Waals surface area contributed by atoms with Crippen molar-refractivity contribution in [2.75, 3.05) is 12.3 Å². The fourth-order valence-corrected chi connectivity index (χ4v) is 1.78. The van der Waals surface area contributed by atoms with Crippen LogP contribution in [0.1, 0.15) is 15.9 Å². The molecule has 5 heteroatoms. The van der Waals surface area contributed by atoms with Crippen molar-refractivity contribution in [3.05, 3.63) is 65.2 Å². The van der Waals surface area contributed by atoms with E-state index in [2.05, 4.69) is 5.32 Å². The minimum absolute atomic E-state index is 0.290. The Morgan fingerprint density at radius 2 is 1.80 bits per heavy atom. The maximum atomic E-state index is 13.4. The quantitative estimate of drug-likeness (QED) is 0.843. The van der Waals surface area contributed by atoms with Crippen LogP contribution in [0.2, 0.25) is 0 Å². The van der Waals surface area contributed by atoms with E-state index >= 15 is 0 Å². The van der Waals surface area contributed by atoms with Crippen LogP contribution < -0.4 is 11.1 Å². The minimum Gasteiger partial charge on any atom is -0.399 e. The van der Waals surface area contributed by atoms with Gasteiger partial charge in [0.2, 0.25) is 0 Å². The molecule has 0 spiro atoms. The summed E-state index contributed by atoms with van der Waals surface area (Å²) < 4.78 is 26.4. The van der Waals surface area contributed by atoms with E-state index in [-0.39, 0.29) is 5.56 Å². The number of carbonyl (C=O) groups excluding carboxylic acids is 1. The zero-order valence-corrected chi connectivity index (χ0v) is 10.7. The van der Waals surface area contributed by atoms with Gasteiger partial charge in [0.05, 0.1) is 5.56 Å². The molecular weight excluding hydrogens is 262 g/mol. The Morgan fingerprint density at radius 3 is 2.50 bits per heavy atom. The van der Waals surface area contributed by atoms with Crippen molar-refractivity contribution in [1.29, 1.82) is 0 Å². The maximum absolute atomic E-state index is 13.4. The molecule has 0 fully saturated rings. The van der Waals surface area contributed by atoms with Gasteiger partial charge in [0.1, 0.15) is 0 Å². The van der Waals surface area contributed by atoms with E-state index in [9.17, 15) is 13.6 Å². The van der Waals surface area contributed by atoms with Crippen molar-refractivity contribution in [3.63, 3.8) is 0 Å². The van der Waals surface area contributed by atoms with Gasteiger partial charge >= 0.3 is 0 Å². The number of anilines is 1. The zero-order valence-electron chi connectivity index (χ0n) is 10.7. The zero-order chi connectivity index (χ0) is 14.5. The molecule has 1 amide bonds. The normalized spacial score (nSPS) is 10.3. The van der Waals surface area contributed by atoms with Crippen LogP contribution in [0.3, 0.4) is 0 Å². The molecule has 0 unspecified atom stereocenters. The smallest absolute Gasteiger partial charge is 0.254 e. The number of carbonyl (C=O) groups is 1. The lowest BCUT2D eigenvalue weighted by atomic mass is 10.1. The predicted molar refractivity (Wildman–Crippen MR) is 73.2 cm³/mol. The lowest BCUT2D eigenvalue weighted by molar-refractivity contribution is 0.0949. The molecule has 2 aromatic carbocycles. The number of halogens is 2. The first-order valence-corrected chi connectivity index (χ1v) is 6.14. The van der Waals surface area contributed by atoms with E-state index in [1.165, 1.54) is 12.1 Å². The van der Waals surface area contributed by atoms with Gasteiger partial charge in [0.25, 0.3) is 5.91 Å². The van der Waals surface area contributed by atoms with Crippen molar-refractivity contribution < 1.29 is 13.6 Å². The Balaban J connectivity index is 1.92. The molecule has 0 aliphatic rings. The number of nitrogen functional groups attached to an aromatic ring is 1. The predicted octanol–water partition coefficient (Wildman–Crippen LogP) is 2.52. The van der Waals surface area contributed by atoms with Crippen LogP contribution in [0.5, 0.6) is 0 Å². The lowest BCUT2D eigenvalue weighted by Gasteiger charge is -2.07. The topological polar surface area (TPSA) is 55.1 Å². The maximum Gasteiger partial charge on any atom is 0.254 e. The van der Waals surface area contributed by atoms with E-state index < -0.39 is 17.5 Å². The van der Waals surface area contributed by atoms with Crippen molar-refractivity contribution in [2.45, 2.75) is 6.42 Å². The van der Waals surface area contributed by atoms with E-state index in [1.807, 2.05) is 12.1 Å². The van der Waals surface area contributed by atoms with Crippen LogP contribution in [0.15, 0.2) is 42.5 Å². The van der Waals surface area contributed by atoms with Gasteiger partial charge < -0.3 is 11.1 Å². The fraction of sp³-hybridized carbons (Fsp3) is 0.133. The molecule has 104 valence electrons. The molecule has 0 heterocycles. The molecule has 0 radical (unpaired) electrons. The molecule has 20 heavy (non-hydrogen) atoms. The molecule has 2 aromatic rings. The van der Waals surface area contributed by atoms with Gasteiger partial charge in [-0.05, 0) is 36.2 Å². The van der Waals surface area contributed by atoms with E-state index in [0.29, 0.717) is 18.7 Å². The Kier molecular flexibility index (Phi) is 4.30. The Labute approximate surface area is 115 Å². The van der Waals surface area contributed by atoms with Crippen LogP contribution in [-0.4, -0.2) is 12.5 Å². The van der Waals surface area contributed by atoms with Crippen LogP contribution in [0.25, 0.3) is 0 Å². The second-order valence-corrected chi connectivity index (χ2v) is 4.35. The first kappa shape index (κ1) is 14.0. The SMILES string of the molecule is Nc1ccc(CCNC(=O)c2cccc(F)c2F)cc1. The van der Waals surface area contributed by atoms with Gasteiger partial charge in [0, 0.05) is 12.2 Å². The summed E-state index contributed by atoms with van der Waals surface area (Å²) in [5, 5.41) is 2.55. The monoisotopic (exact) mass is 276 g/mol. The second kappa shape index (κ2) is 6.14.